The number of amides is 3. The van der Waals surface area contributed by atoms with Crippen LogP contribution < -0.4 is 25.2 Å². The van der Waals surface area contributed by atoms with Gasteiger partial charge in [0.1, 0.15) is 6.09 Å². The minimum atomic E-state index is -4.25. The quantitative estimate of drug-likeness (QED) is 0.193. The normalized spacial score (nSPS) is 20.9. The van der Waals surface area contributed by atoms with Crippen molar-refractivity contribution >= 4 is 22.1 Å². The van der Waals surface area contributed by atoms with E-state index in [9.17, 15) is 28.2 Å². The second kappa shape index (κ2) is 17.3. The molecule has 0 aromatic heterocycles. The summed E-state index contributed by atoms with van der Waals surface area (Å²) in [6, 6.07) is 11.6. The Morgan fingerprint density at radius 3 is 2.53 bits per heavy atom. The van der Waals surface area contributed by atoms with Crippen molar-refractivity contribution < 1.29 is 47.2 Å². The highest BCUT2D eigenvalue weighted by molar-refractivity contribution is 7.89. The van der Waals surface area contributed by atoms with E-state index in [-0.39, 0.29) is 43.2 Å². The number of sulfonamides is 1. The van der Waals surface area contributed by atoms with Crippen LogP contribution >= 0.6 is 0 Å². The van der Waals surface area contributed by atoms with Crippen LogP contribution in [0.4, 0.5) is 9.59 Å². The van der Waals surface area contributed by atoms with E-state index in [1.807, 2.05) is 51.1 Å². The first-order valence-electron chi connectivity index (χ1n) is 17.8. The molecule has 2 fully saturated rings. The fourth-order valence-corrected chi connectivity index (χ4v) is 8.74. The molecule has 3 heterocycles. The second-order valence-corrected chi connectivity index (χ2v) is 16.1. The molecule has 282 valence electrons. The molecule has 0 spiro atoms. The number of rotatable bonds is 18. The lowest BCUT2D eigenvalue weighted by Crippen LogP contribution is -2.61. The number of nitrogens with zero attached hydrogens (tertiary/aromatic N) is 2. The van der Waals surface area contributed by atoms with Crippen LogP contribution in [0.15, 0.2) is 53.4 Å². The zero-order valence-electron chi connectivity index (χ0n) is 29.6. The third-order valence-electron chi connectivity index (χ3n) is 9.74. The number of carbonyl (C=O) groups is 2. The number of ether oxygens (including phenoxy) is 4. The number of aliphatic hydroxyl groups is 1. The van der Waals surface area contributed by atoms with Gasteiger partial charge in [0.2, 0.25) is 16.8 Å². The molecule has 3 aliphatic rings. The van der Waals surface area contributed by atoms with Gasteiger partial charge in [-0.25, -0.2) is 13.2 Å². The fourth-order valence-electron chi connectivity index (χ4n) is 7.07. The van der Waals surface area contributed by atoms with Crippen molar-refractivity contribution in [2.75, 3.05) is 46.2 Å². The Morgan fingerprint density at radius 2 is 1.78 bits per heavy atom. The predicted molar refractivity (Wildman–Crippen MR) is 185 cm³/mol. The molecule has 2 aromatic carbocycles. The monoisotopic (exact) mass is 731 g/mol. The van der Waals surface area contributed by atoms with Crippen LogP contribution in [-0.2, 0) is 25.9 Å². The largest absolute Gasteiger partial charge is 0.530 e. The van der Waals surface area contributed by atoms with Crippen molar-refractivity contribution in [1.82, 2.24) is 19.8 Å². The maximum atomic E-state index is 14.5. The average molecular weight is 732 g/mol. The Labute approximate surface area is 300 Å². The number of fused-ring (bicyclic) bond motifs is 2. The summed E-state index contributed by atoms with van der Waals surface area (Å²) in [6.07, 6.45) is 0.0965. The number of hydrogen-bond donors (Lipinski definition) is 3. The molecular formula is C36H51N4O10S-. The molecule has 5 rings (SSSR count). The lowest BCUT2D eigenvalue weighted by molar-refractivity contribution is -0.273. The van der Waals surface area contributed by atoms with Crippen LogP contribution in [0.2, 0.25) is 0 Å². The molecule has 2 aromatic rings. The van der Waals surface area contributed by atoms with Crippen LogP contribution in [-0.4, -0.2) is 106 Å². The van der Waals surface area contributed by atoms with Gasteiger partial charge in [0.15, 0.2) is 17.8 Å². The van der Waals surface area contributed by atoms with Crippen LogP contribution in [0.3, 0.4) is 0 Å². The number of carbonyl (C=O) groups excluding carboxylic acids is 2. The smallest absolute Gasteiger partial charge is 0.314 e. The van der Waals surface area contributed by atoms with E-state index in [2.05, 4.69) is 10.6 Å². The van der Waals surface area contributed by atoms with Crippen LogP contribution in [0, 0.1) is 11.3 Å². The van der Waals surface area contributed by atoms with Crippen molar-refractivity contribution in [2.45, 2.75) is 88.7 Å². The van der Waals surface area contributed by atoms with Gasteiger partial charge in [-0.15, -0.1) is 0 Å². The van der Waals surface area contributed by atoms with Crippen molar-refractivity contribution in [3.05, 3.63) is 54.1 Å². The van der Waals surface area contributed by atoms with Gasteiger partial charge in [0.25, 0.3) is 0 Å². The molecule has 14 nitrogen and oxygen atoms in total. The molecule has 3 N–H and O–H groups in total. The third kappa shape index (κ3) is 9.83. The number of aliphatic hydroxyl groups excluding tert-OH is 1. The summed E-state index contributed by atoms with van der Waals surface area (Å²) in [5.74, 6) is 0.484. The summed E-state index contributed by atoms with van der Waals surface area (Å²) in [7, 11) is -4.25. The topological polar surface area (TPSA) is 179 Å². The summed E-state index contributed by atoms with van der Waals surface area (Å²) in [5.41, 5.74) is 0.206. The third-order valence-corrected chi connectivity index (χ3v) is 11.6. The van der Waals surface area contributed by atoms with Gasteiger partial charge in [-0.2, -0.15) is 4.31 Å². The second-order valence-electron chi connectivity index (χ2n) is 14.2. The number of benzene rings is 2. The van der Waals surface area contributed by atoms with E-state index in [0.29, 0.717) is 56.9 Å². The van der Waals surface area contributed by atoms with Gasteiger partial charge < -0.3 is 49.5 Å². The Morgan fingerprint density at radius 1 is 1.04 bits per heavy atom. The Balaban J connectivity index is 1.40. The summed E-state index contributed by atoms with van der Waals surface area (Å²) in [6.45, 7) is 7.06. The highest BCUT2D eigenvalue weighted by Gasteiger charge is 2.47. The van der Waals surface area contributed by atoms with Crippen molar-refractivity contribution in [3.8, 4) is 11.5 Å². The first-order valence-corrected chi connectivity index (χ1v) is 19.2. The average Bonchev–Trinajstić information content (AvgIpc) is 3.85. The lowest BCUT2D eigenvalue weighted by Gasteiger charge is -2.43. The van der Waals surface area contributed by atoms with Gasteiger partial charge in [-0.1, -0.05) is 57.5 Å². The zero-order valence-corrected chi connectivity index (χ0v) is 30.4. The Kier molecular flexibility index (Phi) is 13.1. The van der Waals surface area contributed by atoms with Gasteiger partial charge in [-0.3, -0.25) is 0 Å². The minimum Gasteiger partial charge on any atom is -0.530 e. The minimum absolute atomic E-state index is 0.0264. The van der Waals surface area contributed by atoms with E-state index < -0.39 is 52.6 Å². The molecule has 3 amide bonds. The van der Waals surface area contributed by atoms with Crippen molar-refractivity contribution in [1.29, 1.82) is 0 Å². The van der Waals surface area contributed by atoms with Gasteiger partial charge in [0, 0.05) is 38.2 Å². The van der Waals surface area contributed by atoms with Crippen LogP contribution in [0.1, 0.15) is 58.4 Å². The number of hydrogen-bond acceptors (Lipinski definition) is 10. The summed E-state index contributed by atoms with van der Waals surface area (Å²) in [5, 5.41) is 30.6. The number of carboxylic acid groups (broad SMARTS) is 1. The number of urea groups is 1. The molecule has 3 aliphatic heterocycles. The molecule has 5 atom stereocenters. The Hall–Kier alpha value is -3.63. The van der Waals surface area contributed by atoms with Gasteiger partial charge in [0.05, 0.1) is 36.3 Å². The van der Waals surface area contributed by atoms with Crippen LogP contribution in [0.5, 0.6) is 11.5 Å². The van der Waals surface area contributed by atoms with E-state index in [0.717, 1.165) is 16.9 Å². The summed E-state index contributed by atoms with van der Waals surface area (Å²) in [4.78, 5) is 26.0. The summed E-state index contributed by atoms with van der Waals surface area (Å²) < 4.78 is 52.5. The Bertz CT molecular complexity index is 1580. The van der Waals surface area contributed by atoms with Crippen LogP contribution in [0.25, 0.3) is 0 Å². The molecule has 0 unspecified atom stereocenters. The molecule has 0 saturated carbocycles. The maximum Gasteiger partial charge on any atom is 0.314 e. The predicted octanol–water partition coefficient (Wildman–Crippen LogP) is 2.69. The maximum absolute atomic E-state index is 14.5. The SMILES string of the molecule is CCCNC(=O)NCCCCC(C)(C)CN(C[C@@H](O)[C@H](Cc1ccccc1)N(C(=O)[O-])[C@H]1CO[C@H]2OCC[C@H]21)S(=O)(=O)c1ccc2c(c1)OCO2. The summed E-state index contributed by atoms with van der Waals surface area (Å²) >= 11 is 0. The lowest BCUT2D eigenvalue weighted by atomic mass is 9.87. The van der Waals surface area contributed by atoms with E-state index in [1.165, 1.54) is 22.5 Å². The number of nitrogens with one attached hydrogen (secondary N) is 2. The zero-order chi connectivity index (χ0) is 36.6. The first kappa shape index (κ1) is 38.6. The molecule has 2 saturated heterocycles. The van der Waals surface area contributed by atoms with Gasteiger partial charge >= 0.3 is 6.03 Å². The molecule has 15 heteroatoms. The highest BCUT2D eigenvalue weighted by atomic mass is 32.2. The molecule has 0 bridgehead atoms. The van der Waals surface area contributed by atoms with Gasteiger partial charge in [-0.05, 0) is 55.2 Å². The standard InChI is InChI=1S/C36H52N4O10S/c1-4-16-37-34(42)38-17-9-8-15-36(2,3)23-39(51(45,46)26-12-13-31-32(20-26)50-24-49-31)21-30(41)28(19-25-10-6-5-7-11-25)40(35(43)44)29-22-48-33-27(29)14-18-47-33/h5-7,10-13,20,27-30,33,41H,4,8-9,14-19,21-24H2,1-3H3,(H,43,44)(H2,37,38,42)/p-1/t27-,28-,29-,30+,33+/m0/s1. The molecule has 51 heavy (non-hydrogen) atoms. The molecule has 0 aliphatic carbocycles. The van der Waals surface area contributed by atoms with E-state index >= 15 is 0 Å². The fraction of sp³-hybridized carbons (Fsp3) is 0.611. The van der Waals surface area contributed by atoms with Crippen molar-refractivity contribution in [3.63, 3.8) is 0 Å². The van der Waals surface area contributed by atoms with E-state index in [1.54, 1.807) is 0 Å². The highest BCUT2D eigenvalue weighted by Crippen LogP contribution is 2.38. The van der Waals surface area contributed by atoms with E-state index in [4.69, 9.17) is 18.9 Å². The molecule has 0 radical (unpaired) electrons. The first-order chi connectivity index (χ1) is 24.4. The number of unbranched alkanes of at least 4 members (excludes halogenated alkanes) is 1. The molecular weight excluding hydrogens is 680 g/mol. The van der Waals surface area contributed by atoms with Crippen molar-refractivity contribution in [2.24, 2.45) is 11.3 Å².